The summed E-state index contributed by atoms with van der Waals surface area (Å²) in [4.78, 5) is 14.5. The fourth-order valence-electron chi connectivity index (χ4n) is 1.40. The van der Waals surface area contributed by atoms with Crippen molar-refractivity contribution >= 4 is 11.5 Å². The van der Waals surface area contributed by atoms with Gasteiger partial charge in [0.15, 0.2) is 0 Å². The van der Waals surface area contributed by atoms with Crippen LogP contribution < -0.4 is 5.32 Å². The number of aryl methyl sites for hydroxylation is 1. The number of rotatable bonds is 3. The average molecular weight is 207 g/mol. The van der Waals surface area contributed by atoms with Crippen LogP contribution in [0, 0.1) is 17.0 Å². The third-order valence-electron chi connectivity index (χ3n) is 2.70. The van der Waals surface area contributed by atoms with Gasteiger partial charge in [-0.15, -0.1) is 0 Å². The normalized spacial score (nSPS) is 17.2. The molecule has 0 saturated heterocycles. The Bertz CT molecular complexity index is 413. The van der Waals surface area contributed by atoms with Crippen LogP contribution in [-0.4, -0.2) is 15.4 Å². The Morgan fingerprint density at radius 1 is 1.60 bits per heavy atom. The lowest BCUT2D eigenvalue weighted by molar-refractivity contribution is -0.385. The van der Waals surface area contributed by atoms with Crippen LogP contribution in [0.4, 0.5) is 11.5 Å². The van der Waals surface area contributed by atoms with Crippen LogP contribution in [0.2, 0.25) is 0 Å². The second-order valence-corrected chi connectivity index (χ2v) is 4.30. The maximum Gasteiger partial charge on any atom is 0.277 e. The summed E-state index contributed by atoms with van der Waals surface area (Å²) in [6, 6.07) is 1.50. The number of nitro groups is 1. The number of nitrogens with zero attached hydrogens (tertiary/aromatic N) is 2. The van der Waals surface area contributed by atoms with Gasteiger partial charge in [0.05, 0.1) is 11.0 Å². The minimum atomic E-state index is -0.378. The van der Waals surface area contributed by atoms with E-state index in [0.29, 0.717) is 11.4 Å². The molecule has 0 aromatic carbocycles. The third-order valence-corrected chi connectivity index (χ3v) is 2.70. The topological polar surface area (TPSA) is 68.1 Å². The van der Waals surface area contributed by atoms with Gasteiger partial charge in [-0.3, -0.25) is 10.1 Å². The molecule has 0 aliphatic heterocycles. The fourth-order valence-corrected chi connectivity index (χ4v) is 1.40. The lowest BCUT2D eigenvalue weighted by Crippen LogP contribution is -2.17. The van der Waals surface area contributed by atoms with Crippen molar-refractivity contribution in [1.82, 2.24) is 4.98 Å². The zero-order valence-electron chi connectivity index (χ0n) is 8.78. The largest absolute Gasteiger partial charge is 0.365 e. The van der Waals surface area contributed by atoms with E-state index >= 15 is 0 Å². The van der Waals surface area contributed by atoms with Crippen molar-refractivity contribution in [2.24, 2.45) is 0 Å². The summed E-state index contributed by atoms with van der Waals surface area (Å²) in [5.74, 6) is 0.590. The molecule has 1 heterocycles. The first-order valence-corrected chi connectivity index (χ1v) is 4.89. The molecule has 1 aliphatic carbocycles. The predicted molar refractivity (Wildman–Crippen MR) is 56.9 cm³/mol. The highest BCUT2D eigenvalue weighted by Crippen LogP contribution is 2.38. The highest BCUT2D eigenvalue weighted by atomic mass is 16.6. The van der Waals surface area contributed by atoms with E-state index in [9.17, 15) is 10.1 Å². The van der Waals surface area contributed by atoms with Crippen LogP contribution in [0.1, 0.15) is 25.3 Å². The standard InChI is InChI=1S/C10H13N3O2/c1-7-6-11-9(5-8(7)13(14)15)12-10(2)3-4-10/h5-6H,3-4H2,1-2H3,(H,11,12). The molecular weight excluding hydrogens is 194 g/mol. The summed E-state index contributed by atoms with van der Waals surface area (Å²) in [7, 11) is 0. The van der Waals surface area contributed by atoms with Gasteiger partial charge in [0.25, 0.3) is 5.69 Å². The first-order chi connectivity index (χ1) is 7.00. The quantitative estimate of drug-likeness (QED) is 0.609. The molecule has 1 fully saturated rings. The molecule has 1 aliphatic rings. The Labute approximate surface area is 87.7 Å². The Kier molecular flexibility index (Phi) is 2.10. The molecule has 5 nitrogen and oxygen atoms in total. The number of hydrogen-bond acceptors (Lipinski definition) is 4. The van der Waals surface area contributed by atoms with E-state index in [1.165, 1.54) is 12.3 Å². The molecule has 0 amide bonds. The lowest BCUT2D eigenvalue weighted by Gasteiger charge is -2.11. The minimum Gasteiger partial charge on any atom is -0.365 e. The fraction of sp³-hybridized carbons (Fsp3) is 0.500. The average Bonchev–Trinajstić information content (AvgIpc) is 2.87. The number of aromatic nitrogens is 1. The number of anilines is 1. The second kappa shape index (κ2) is 3.18. The van der Waals surface area contributed by atoms with E-state index in [1.807, 2.05) is 0 Å². The van der Waals surface area contributed by atoms with Gasteiger partial charge in [-0.05, 0) is 26.7 Å². The summed E-state index contributed by atoms with van der Waals surface area (Å²) in [5, 5.41) is 13.9. The Morgan fingerprint density at radius 2 is 2.27 bits per heavy atom. The molecule has 1 saturated carbocycles. The van der Waals surface area contributed by atoms with Crippen LogP contribution in [-0.2, 0) is 0 Å². The van der Waals surface area contributed by atoms with Gasteiger partial charge < -0.3 is 5.32 Å². The van der Waals surface area contributed by atoms with Crippen molar-refractivity contribution in [1.29, 1.82) is 0 Å². The van der Waals surface area contributed by atoms with Crippen LogP contribution in [0.3, 0.4) is 0 Å². The van der Waals surface area contributed by atoms with Gasteiger partial charge in [-0.2, -0.15) is 0 Å². The van der Waals surface area contributed by atoms with E-state index in [-0.39, 0.29) is 16.1 Å². The van der Waals surface area contributed by atoms with Crippen molar-refractivity contribution in [3.8, 4) is 0 Å². The molecule has 0 bridgehead atoms. The Morgan fingerprint density at radius 3 is 2.80 bits per heavy atom. The number of pyridine rings is 1. The van der Waals surface area contributed by atoms with E-state index in [2.05, 4.69) is 17.2 Å². The Hall–Kier alpha value is -1.65. The number of nitrogens with one attached hydrogen (secondary N) is 1. The number of hydrogen-bond donors (Lipinski definition) is 1. The highest BCUT2D eigenvalue weighted by molar-refractivity contribution is 5.50. The van der Waals surface area contributed by atoms with Crippen molar-refractivity contribution in [2.45, 2.75) is 32.2 Å². The maximum absolute atomic E-state index is 10.7. The smallest absolute Gasteiger partial charge is 0.277 e. The van der Waals surface area contributed by atoms with Gasteiger partial charge >= 0.3 is 0 Å². The van der Waals surface area contributed by atoms with Crippen LogP contribution in [0.5, 0.6) is 0 Å². The summed E-state index contributed by atoms with van der Waals surface area (Å²) < 4.78 is 0. The molecule has 1 aromatic heterocycles. The molecule has 15 heavy (non-hydrogen) atoms. The van der Waals surface area contributed by atoms with Crippen molar-refractivity contribution in [3.05, 3.63) is 27.9 Å². The van der Waals surface area contributed by atoms with Crippen molar-refractivity contribution < 1.29 is 4.92 Å². The van der Waals surface area contributed by atoms with Crippen LogP contribution >= 0.6 is 0 Å². The summed E-state index contributed by atoms with van der Waals surface area (Å²) in [5.41, 5.74) is 0.805. The van der Waals surface area contributed by atoms with Crippen LogP contribution in [0.25, 0.3) is 0 Å². The zero-order valence-corrected chi connectivity index (χ0v) is 8.78. The molecule has 0 spiro atoms. The first kappa shape index (κ1) is 9.89. The van der Waals surface area contributed by atoms with Gasteiger partial charge in [-0.25, -0.2) is 4.98 Å². The van der Waals surface area contributed by atoms with Gasteiger partial charge in [0, 0.05) is 17.3 Å². The monoisotopic (exact) mass is 207 g/mol. The summed E-state index contributed by atoms with van der Waals surface area (Å²) in [6.07, 6.45) is 3.72. The van der Waals surface area contributed by atoms with Crippen molar-refractivity contribution in [2.75, 3.05) is 5.32 Å². The van der Waals surface area contributed by atoms with Gasteiger partial charge in [-0.1, -0.05) is 0 Å². The predicted octanol–water partition coefficient (Wildman–Crippen LogP) is 2.26. The van der Waals surface area contributed by atoms with E-state index in [4.69, 9.17) is 0 Å². The summed E-state index contributed by atoms with van der Waals surface area (Å²) in [6.45, 7) is 3.77. The first-order valence-electron chi connectivity index (χ1n) is 4.89. The van der Waals surface area contributed by atoms with Crippen LogP contribution in [0.15, 0.2) is 12.3 Å². The second-order valence-electron chi connectivity index (χ2n) is 4.30. The molecule has 0 atom stereocenters. The van der Waals surface area contributed by atoms with Crippen molar-refractivity contribution in [3.63, 3.8) is 0 Å². The molecule has 80 valence electrons. The molecule has 1 N–H and O–H groups in total. The minimum absolute atomic E-state index is 0.0934. The molecule has 0 radical (unpaired) electrons. The third kappa shape index (κ3) is 2.06. The summed E-state index contributed by atoms with van der Waals surface area (Å²) >= 11 is 0. The van der Waals surface area contributed by atoms with Gasteiger partial charge in [0.1, 0.15) is 5.82 Å². The highest BCUT2D eigenvalue weighted by Gasteiger charge is 2.37. The zero-order chi connectivity index (χ0) is 11.1. The molecule has 1 aromatic rings. The lowest BCUT2D eigenvalue weighted by atomic mass is 10.2. The Balaban J connectivity index is 2.26. The van der Waals surface area contributed by atoms with E-state index < -0.39 is 0 Å². The van der Waals surface area contributed by atoms with E-state index in [1.54, 1.807) is 6.92 Å². The molecular formula is C10H13N3O2. The molecule has 0 unspecified atom stereocenters. The SMILES string of the molecule is Cc1cnc(NC2(C)CC2)cc1[N+](=O)[O-]. The molecule has 2 rings (SSSR count). The molecule has 5 heteroatoms. The van der Waals surface area contributed by atoms with E-state index in [0.717, 1.165) is 12.8 Å². The van der Waals surface area contributed by atoms with Gasteiger partial charge in [0.2, 0.25) is 0 Å². The maximum atomic E-state index is 10.7.